The summed E-state index contributed by atoms with van der Waals surface area (Å²) in [6, 6.07) is 18.3. The Labute approximate surface area is 154 Å². The fourth-order valence-electron chi connectivity index (χ4n) is 3.39. The molecule has 0 aliphatic carbocycles. The topological polar surface area (TPSA) is 46.6 Å². The fourth-order valence-corrected chi connectivity index (χ4v) is 3.39. The quantitative estimate of drug-likeness (QED) is 0.772. The van der Waals surface area contributed by atoms with Crippen molar-refractivity contribution in [2.45, 2.75) is 26.2 Å². The summed E-state index contributed by atoms with van der Waals surface area (Å²) in [4.78, 5) is 26.4. The number of benzene rings is 2. The summed E-state index contributed by atoms with van der Waals surface area (Å²) < 4.78 is 5.11. The van der Waals surface area contributed by atoms with Crippen LogP contribution in [0.1, 0.15) is 25.3 Å². The first-order valence-electron chi connectivity index (χ1n) is 9.26. The largest absolute Gasteiger partial charge is 0.466 e. The average molecular weight is 351 g/mol. The van der Waals surface area contributed by atoms with E-state index in [1.165, 1.54) is 5.56 Å². The number of nitrogens with zero attached hydrogens (tertiary/aromatic N) is 1. The Morgan fingerprint density at radius 3 is 2.42 bits per heavy atom. The molecular weight excluding hydrogens is 326 g/mol. The summed E-state index contributed by atoms with van der Waals surface area (Å²) in [5.74, 6) is -0.295. The Morgan fingerprint density at radius 2 is 1.73 bits per heavy atom. The van der Waals surface area contributed by atoms with Crippen molar-refractivity contribution in [1.82, 2.24) is 4.90 Å². The third-order valence-electron chi connectivity index (χ3n) is 4.81. The molecule has 3 rings (SSSR count). The minimum absolute atomic E-state index is 0.0754. The fraction of sp³-hybridized carbons (Fsp3) is 0.364. The summed E-state index contributed by atoms with van der Waals surface area (Å²) in [7, 11) is 0. The summed E-state index contributed by atoms with van der Waals surface area (Å²) in [5.41, 5.74) is 3.30. The average Bonchev–Trinajstić information content (AvgIpc) is 2.69. The molecule has 136 valence electrons. The molecule has 1 saturated heterocycles. The van der Waals surface area contributed by atoms with E-state index in [9.17, 15) is 9.59 Å². The van der Waals surface area contributed by atoms with Gasteiger partial charge in [-0.2, -0.15) is 0 Å². The Bertz CT molecular complexity index is 740. The van der Waals surface area contributed by atoms with Crippen molar-refractivity contribution in [2.24, 2.45) is 5.92 Å². The number of hydrogen-bond acceptors (Lipinski definition) is 3. The third kappa shape index (κ3) is 4.51. The van der Waals surface area contributed by atoms with Crippen molar-refractivity contribution in [2.75, 3.05) is 19.7 Å². The number of carbonyl (C=O) groups excluding carboxylic acids is 2. The molecule has 1 heterocycles. The predicted octanol–water partition coefficient (Wildman–Crippen LogP) is 3.70. The third-order valence-corrected chi connectivity index (χ3v) is 4.81. The summed E-state index contributed by atoms with van der Waals surface area (Å²) >= 11 is 0. The van der Waals surface area contributed by atoms with Crippen molar-refractivity contribution < 1.29 is 14.3 Å². The standard InChI is InChI=1S/C22H25NO3/c1-2-26-22(25)20-9-6-14-23(16-20)21(24)15-17-10-12-19(13-11-17)18-7-4-3-5-8-18/h3-5,7-8,10-13,20H,2,6,9,14-16H2,1H3. The lowest BCUT2D eigenvalue weighted by Crippen LogP contribution is -2.43. The van der Waals surface area contributed by atoms with Crippen molar-refractivity contribution in [3.63, 3.8) is 0 Å². The lowest BCUT2D eigenvalue weighted by atomic mass is 9.97. The zero-order valence-electron chi connectivity index (χ0n) is 15.2. The van der Waals surface area contributed by atoms with Gasteiger partial charge in [0.1, 0.15) is 0 Å². The summed E-state index contributed by atoms with van der Waals surface area (Å²) in [6.45, 7) is 3.39. The van der Waals surface area contributed by atoms with Crippen molar-refractivity contribution in [3.8, 4) is 11.1 Å². The number of esters is 1. The first-order valence-corrected chi connectivity index (χ1v) is 9.26. The van der Waals surface area contributed by atoms with Crippen LogP contribution in [0.15, 0.2) is 54.6 Å². The second-order valence-corrected chi connectivity index (χ2v) is 6.67. The van der Waals surface area contributed by atoms with Gasteiger partial charge in [-0.1, -0.05) is 54.6 Å². The molecule has 2 aromatic rings. The number of likely N-dealkylation sites (tertiary alicyclic amines) is 1. The van der Waals surface area contributed by atoms with Gasteiger partial charge in [0.05, 0.1) is 18.9 Å². The van der Waals surface area contributed by atoms with E-state index in [0.29, 0.717) is 19.6 Å². The first kappa shape index (κ1) is 18.2. The van der Waals surface area contributed by atoms with Gasteiger partial charge in [0.2, 0.25) is 5.91 Å². The number of rotatable bonds is 5. The molecule has 1 unspecified atom stereocenters. The Balaban J connectivity index is 1.60. The predicted molar refractivity (Wildman–Crippen MR) is 102 cm³/mol. The van der Waals surface area contributed by atoms with E-state index in [2.05, 4.69) is 24.3 Å². The van der Waals surface area contributed by atoms with Crippen molar-refractivity contribution >= 4 is 11.9 Å². The van der Waals surface area contributed by atoms with Gasteiger partial charge in [-0.25, -0.2) is 0 Å². The lowest BCUT2D eigenvalue weighted by Gasteiger charge is -2.31. The van der Waals surface area contributed by atoms with Crippen LogP contribution in [0, 0.1) is 5.92 Å². The minimum atomic E-state index is -0.187. The molecule has 0 bridgehead atoms. The molecule has 2 aromatic carbocycles. The van der Waals surface area contributed by atoms with E-state index in [0.717, 1.165) is 30.5 Å². The molecule has 26 heavy (non-hydrogen) atoms. The van der Waals surface area contributed by atoms with Crippen LogP contribution >= 0.6 is 0 Å². The van der Waals surface area contributed by atoms with Gasteiger partial charge in [-0.15, -0.1) is 0 Å². The van der Waals surface area contributed by atoms with Crippen LogP contribution in [0.2, 0.25) is 0 Å². The lowest BCUT2D eigenvalue weighted by molar-refractivity contribution is -0.151. The number of piperidine rings is 1. The van der Waals surface area contributed by atoms with E-state index in [1.54, 1.807) is 4.90 Å². The second-order valence-electron chi connectivity index (χ2n) is 6.67. The highest BCUT2D eigenvalue weighted by Gasteiger charge is 2.29. The van der Waals surface area contributed by atoms with Crippen molar-refractivity contribution in [3.05, 3.63) is 60.2 Å². The molecule has 0 aromatic heterocycles. The summed E-state index contributed by atoms with van der Waals surface area (Å²) in [5, 5.41) is 0. The summed E-state index contributed by atoms with van der Waals surface area (Å²) in [6.07, 6.45) is 2.02. The molecule has 0 N–H and O–H groups in total. The SMILES string of the molecule is CCOC(=O)C1CCCN(C(=O)Cc2ccc(-c3ccccc3)cc2)C1. The normalized spacial score (nSPS) is 17.0. The Kier molecular flexibility index (Phi) is 6.05. The van der Waals surface area contributed by atoms with Gasteiger partial charge in [-0.3, -0.25) is 9.59 Å². The van der Waals surface area contributed by atoms with Crippen LogP contribution in [-0.2, 0) is 20.7 Å². The highest BCUT2D eigenvalue weighted by Crippen LogP contribution is 2.21. The van der Waals surface area contributed by atoms with Gasteiger partial charge in [-0.05, 0) is 36.5 Å². The van der Waals surface area contributed by atoms with Crippen LogP contribution < -0.4 is 0 Å². The van der Waals surface area contributed by atoms with Gasteiger partial charge < -0.3 is 9.64 Å². The van der Waals surface area contributed by atoms with Gasteiger partial charge >= 0.3 is 5.97 Å². The minimum Gasteiger partial charge on any atom is -0.466 e. The van der Waals surface area contributed by atoms with Crippen LogP contribution in [0.3, 0.4) is 0 Å². The molecule has 1 fully saturated rings. The highest BCUT2D eigenvalue weighted by molar-refractivity contribution is 5.80. The molecule has 0 saturated carbocycles. The van der Waals surface area contributed by atoms with Gasteiger partial charge in [0, 0.05) is 13.1 Å². The number of carbonyl (C=O) groups is 2. The second kappa shape index (κ2) is 8.65. The van der Waals surface area contributed by atoms with Crippen LogP contribution in [0.25, 0.3) is 11.1 Å². The van der Waals surface area contributed by atoms with Crippen molar-refractivity contribution in [1.29, 1.82) is 0 Å². The molecule has 1 aliphatic rings. The zero-order chi connectivity index (χ0) is 18.4. The molecule has 1 amide bonds. The van der Waals surface area contributed by atoms with Crippen LogP contribution in [-0.4, -0.2) is 36.5 Å². The molecular formula is C22H25NO3. The molecule has 1 aliphatic heterocycles. The first-order chi connectivity index (χ1) is 12.7. The number of ether oxygens (including phenoxy) is 1. The molecule has 4 nitrogen and oxygen atoms in total. The van der Waals surface area contributed by atoms with E-state index in [-0.39, 0.29) is 17.8 Å². The maximum atomic E-state index is 12.6. The number of hydrogen-bond donors (Lipinski definition) is 0. The van der Waals surface area contributed by atoms with E-state index < -0.39 is 0 Å². The maximum Gasteiger partial charge on any atom is 0.310 e. The van der Waals surface area contributed by atoms with Gasteiger partial charge in [0.25, 0.3) is 0 Å². The van der Waals surface area contributed by atoms with E-state index >= 15 is 0 Å². The van der Waals surface area contributed by atoms with E-state index in [1.807, 2.05) is 37.3 Å². The molecule has 1 atom stereocenters. The zero-order valence-corrected chi connectivity index (χ0v) is 15.2. The monoisotopic (exact) mass is 351 g/mol. The highest BCUT2D eigenvalue weighted by atomic mass is 16.5. The van der Waals surface area contributed by atoms with Gasteiger partial charge in [0.15, 0.2) is 0 Å². The molecule has 0 radical (unpaired) electrons. The van der Waals surface area contributed by atoms with Crippen LogP contribution in [0.5, 0.6) is 0 Å². The van der Waals surface area contributed by atoms with E-state index in [4.69, 9.17) is 4.74 Å². The maximum absolute atomic E-state index is 12.6. The Hall–Kier alpha value is -2.62. The van der Waals surface area contributed by atoms with Crippen LogP contribution in [0.4, 0.5) is 0 Å². The molecule has 4 heteroatoms. The number of amides is 1. The smallest absolute Gasteiger partial charge is 0.310 e. The molecule has 0 spiro atoms. The Morgan fingerprint density at radius 1 is 1.04 bits per heavy atom.